The molecule has 0 N–H and O–H groups in total. The van der Waals surface area contributed by atoms with Crippen LogP contribution in [0.3, 0.4) is 0 Å². The first-order valence-electron chi connectivity index (χ1n) is 16.6. The summed E-state index contributed by atoms with van der Waals surface area (Å²) in [6.07, 6.45) is 5.99. The van der Waals surface area contributed by atoms with Gasteiger partial charge in [-0.15, -0.1) is 0 Å². The Morgan fingerprint density at radius 2 is 0.844 bits per heavy atom. The number of fused-ring (bicyclic) bond motifs is 16. The lowest BCUT2D eigenvalue weighted by atomic mass is 9.65. The predicted octanol–water partition coefficient (Wildman–Crippen LogP) is 8.31. The standard InChI is InChI=1S/C40H42O5/c1-41-37-25-7-3-11-33(37)29-15-17-31(29)35-13-6-10-28-24-26-8-4-12-34(38(26)42-2)30-16-18-32(30)36-14-5-9-27(23-25)39(36)44-21-19-43-20-22-45-40(28)35/h3-14,29-32H,15-24H2,1-2H3/t29-,30-,31+,32+/m1/s1. The molecule has 0 spiro atoms. The molecule has 8 rings (SSSR count). The summed E-state index contributed by atoms with van der Waals surface area (Å²) in [7, 11) is 3.65. The average Bonchev–Trinajstić information content (AvgIpc) is 3.01. The molecule has 5 heteroatoms. The second kappa shape index (κ2) is 12.1. The number of rotatable bonds is 2. The molecule has 0 radical (unpaired) electrons. The van der Waals surface area contributed by atoms with E-state index in [1.807, 2.05) is 14.2 Å². The third kappa shape index (κ3) is 4.96. The van der Waals surface area contributed by atoms with Gasteiger partial charge in [-0.05, 0) is 93.9 Å². The Hall–Kier alpha value is -3.96. The van der Waals surface area contributed by atoms with Crippen LogP contribution in [0.4, 0.5) is 0 Å². The summed E-state index contributed by atoms with van der Waals surface area (Å²) in [5, 5.41) is 0. The molecule has 0 unspecified atom stereocenters. The number of para-hydroxylation sites is 4. The third-order valence-electron chi connectivity index (χ3n) is 10.8. The Labute approximate surface area is 266 Å². The molecule has 4 aliphatic rings. The van der Waals surface area contributed by atoms with Crippen LogP contribution in [0.5, 0.6) is 23.0 Å². The molecule has 5 nitrogen and oxygen atoms in total. The van der Waals surface area contributed by atoms with E-state index in [2.05, 4.69) is 72.8 Å². The van der Waals surface area contributed by atoms with Crippen molar-refractivity contribution in [2.24, 2.45) is 0 Å². The fraction of sp³-hybridized carbons (Fsp3) is 0.400. The van der Waals surface area contributed by atoms with Gasteiger partial charge in [-0.2, -0.15) is 0 Å². The second-order valence-corrected chi connectivity index (χ2v) is 13.0. The van der Waals surface area contributed by atoms with Crippen molar-refractivity contribution in [3.8, 4) is 23.0 Å². The Morgan fingerprint density at radius 1 is 0.467 bits per heavy atom. The van der Waals surface area contributed by atoms with Crippen LogP contribution in [-0.2, 0) is 17.6 Å². The maximum atomic E-state index is 6.69. The zero-order chi connectivity index (χ0) is 30.3. The SMILES string of the molecule is COc1c2cccc1[C@@H]1CC[C@@H]1c1cccc3c1OCCOCCOc1c(cccc1[C@H]1CC[C@H]1c1cccc(c1OC)C3)C2. The van der Waals surface area contributed by atoms with Crippen LogP contribution in [0.25, 0.3) is 0 Å². The van der Waals surface area contributed by atoms with Gasteiger partial charge in [0.15, 0.2) is 0 Å². The van der Waals surface area contributed by atoms with Crippen molar-refractivity contribution in [2.45, 2.75) is 62.2 Å². The first kappa shape index (κ1) is 28.5. The molecule has 2 aliphatic carbocycles. The van der Waals surface area contributed by atoms with Gasteiger partial charge in [-0.1, -0.05) is 72.8 Å². The summed E-state index contributed by atoms with van der Waals surface area (Å²) >= 11 is 0. The Morgan fingerprint density at radius 3 is 1.24 bits per heavy atom. The van der Waals surface area contributed by atoms with E-state index in [1.165, 1.54) is 44.5 Å². The van der Waals surface area contributed by atoms with Gasteiger partial charge in [0.1, 0.15) is 36.2 Å². The van der Waals surface area contributed by atoms with E-state index in [0.717, 1.165) is 61.5 Å². The first-order valence-corrected chi connectivity index (χ1v) is 16.6. The Kier molecular flexibility index (Phi) is 7.66. The fourth-order valence-corrected chi connectivity index (χ4v) is 8.40. The molecule has 0 amide bonds. The lowest BCUT2D eigenvalue weighted by molar-refractivity contribution is 0.0749. The van der Waals surface area contributed by atoms with Gasteiger partial charge in [0.2, 0.25) is 0 Å². The van der Waals surface area contributed by atoms with Crippen molar-refractivity contribution in [3.05, 3.63) is 117 Å². The quantitative estimate of drug-likeness (QED) is 0.216. The highest BCUT2D eigenvalue weighted by atomic mass is 16.5. The lowest BCUT2D eigenvalue weighted by Gasteiger charge is -2.40. The smallest absolute Gasteiger partial charge is 0.126 e. The molecule has 2 fully saturated rings. The highest BCUT2D eigenvalue weighted by Gasteiger charge is 2.40. The van der Waals surface area contributed by atoms with Gasteiger partial charge in [-0.3, -0.25) is 0 Å². The monoisotopic (exact) mass is 602 g/mol. The van der Waals surface area contributed by atoms with Gasteiger partial charge in [0.25, 0.3) is 0 Å². The maximum Gasteiger partial charge on any atom is 0.126 e. The minimum atomic E-state index is 0.353. The van der Waals surface area contributed by atoms with Crippen molar-refractivity contribution < 1.29 is 23.7 Å². The van der Waals surface area contributed by atoms with Crippen LogP contribution in [-0.4, -0.2) is 40.6 Å². The van der Waals surface area contributed by atoms with Crippen molar-refractivity contribution in [1.29, 1.82) is 0 Å². The van der Waals surface area contributed by atoms with E-state index in [-0.39, 0.29) is 0 Å². The molecule has 0 saturated heterocycles. The second-order valence-electron chi connectivity index (χ2n) is 13.0. The highest BCUT2D eigenvalue weighted by molar-refractivity contribution is 5.57. The van der Waals surface area contributed by atoms with Crippen LogP contribution in [0.1, 0.15) is 93.9 Å². The third-order valence-corrected chi connectivity index (χ3v) is 10.8. The Balaban J connectivity index is 1.38. The van der Waals surface area contributed by atoms with E-state index in [0.29, 0.717) is 50.1 Å². The topological polar surface area (TPSA) is 46.2 Å². The molecular formula is C40H42O5. The van der Waals surface area contributed by atoms with Crippen LogP contribution >= 0.6 is 0 Å². The molecule has 2 heterocycles. The minimum Gasteiger partial charge on any atom is -0.496 e. The summed E-state index contributed by atoms with van der Waals surface area (Å²) in [5.74, 6) is 5.45. The molecular weight excluding hydrogens is 560 g/mol. The van der Waals surface area contributed by atoms with Crippen LogP contribution < -0.4 is 18.9 Å². The van der Waals surface area contributed by atoms with E-state index >= 15 is 0 Å². The summed E-state index contributed by atoms with van der Waals surface area (Å²) < 4.78 is 31.9. The van der Waals surface area contributed by atoms with Crippen LogP contribution in [0.15, 0.2) is 72.8 Å². The van der Waals surface area contributed by atoms with E-state index < -0.39 is 0 Å². The number of ether oxygens (including phenoxy) is 5. The largest absolute Gasteiger partial charge is 0.496 e. The minimum absolute atomic E-state index is 0.353. The number of methoxy groups -OCH3 is 2. The summed E-state index contributed by atoms with van der Waals surface area (Å²) in [6, 6.07) is 26.8. The van der Waals surface area contributed by atoms with Crippen molar-refractivity contribution in [1.82, 2.24) is 0 Å². The number of benzene rings is 4. The zero-order valence-corrected chi connectivity index (χ0v) is 26.3. The van der Waals surface area contributed by atoms with Gasteiger partial charge in [0.05, 0.1) is 27.4 Å². The molecule has 0 aromatic heterocycles. The van der Waals surface area contributed by atoms with Crippen LogP contribution in [0.2, 0.25) is 0 Å². The molecule has 2 aliphatic heterocycles. The van der Waals surface area contributed by atoms with Crippen molar-refractivity contribution in [3.63, 3.8) is 0 Å². The van der Waals surface area contributed by atoms with Crippen LogP contribution in [0, 0.1) is 0 Å². The van der Waals surface area contributed by atoms with Gasteiger partial charge in [-0.25, -0.2) is 0 Å². The van der Waals surface area contributed by atoms with E-state index in [9.17, 15) is 0 Å². The fourth-order valence-electron chi connectivity index (χ4n) is 8.40. The van der Waals surface area contributed by atoms with Gasteiger partial charge in [0, 0.05) is 12.8 Å². The van der Waals surface area contributed by atoms with Gasteiger partial charge >= 0.3 is 0 Å². The lowest BCUT2D eigenvalue weighted by Crippen LogP contribution is -2.24. The molecule has 6 bridgehead atoms. The molecule has 4 aromatic rings. The zero-order valence-electron chi connectivity index (χ0n) is 26.3. The Bertz CT molecular complexity index is 1580. The predicted molar refractivity (Wildman–Crippen MR) is 176 cm³/mol. The molecule has 2 saturated carbocycles. The molecule has 45 heavy (non-hydrogen) atoms. The maximum absolute atomic E-state index is 6.69. The summed E-state index contributed by atoms with van der Waals surface area (Å²) in [4.78, 5) is 0. The normalized spacial score (nSPS) is 23.6. The molecule has 4 aromatic carbocycles. The van der Waals surface area contributed by atoms with E-state index in [1.54, 1.807) is 0 Å². The highest BCUT2D eigenvalue weighted by Crippen LogP contribution is 2.56. The van der Waals surface area contributed by atoms with Crippen molar-refractivity contribution >= 4 is 0 Å². The summed E-state index contributed by atoms with van der Waals surface area (Å²) in [5.41, 5.74) is 9.96. The first-order chi connectivity index (χ1) is 22.2. The number of hydrogen-bond donors (Lipinski definition) is 0. The molecule has 232 valence electrons. The van der Waals surface area contributed by atoms with Gasteiger partial charge < -0.3 is 23.7 Å². The van der Waals surface area contributed by atoms with Crippen molar-refractivity contribution in [2.75, 3.05) is 40.6 Å². The molecule has 4 atom stereocenters. The average molecular weight is 603 g/mol. The summed E-state index contributed by atoms with van der Waals surface area (Å²) in [6.45, 7) is 2.00. The number of hydrogen-bond acceptors (Lipinski definition) is 5. The van der Waals surface area contributed by atoms with E-state index in [4.69, 9.17) is 23.7 Å².